The number of hydrogen-bond acceptors (Lipinski definition) is 6. The highest BCUT2D eigenvalue weighted by Crippen LogP contribution is 2.27. The summed E-state index contributed by atoms with van der Waals surface area (Å²) in [6, 6.07) is 5.34. The van der Waals surface area contributed by atoms with E-state index in [0.29, 0.717) is 19.4 Å². The normalized spacial score (nSPS) is 17.0. The van der Waals surface area contributed by atoms with Gasteiger partial charge in [-0.25, -0.2) is 9.78 Å². The average Bonchev–Trinajstić information content (AvgIpc) is 2.63. The van der Waals surface area contributed by atoms with Crippen molar-refractivity contribution < 1.29 is 19.1 Å². The molecule has 134 valence electrons. The van der Waals surface area contributed by atoms with Gasteiger partial charge in [0.05, 0.1) is 12.7 Å². The summed E-state index contributed by atoms with van der Waals surface area (Å²) in [5.74, 6) is -0.990. The minimum absolute atomic E-state index is 0.164. The first-order valence-electron chi connectivity index (χ1n) is 8.53. The summed E-state index contributed by atoms with van der Waals surface area (Å²) >= 11 is 0. The molecule has 7 heteroatoms. The molecule has 0 radical (unpaired) electrons. The molecule has 0 aromatic carbocycles. The zero-order valence-electron chi connectivity index (χ0n) is 14.6. The van der Waals surface area contributed by atoms with Crippen molar-refractivity contribution in [2.45, 2.75) is 57.6 Å². The van der Waals surface area contributed by atoms with Gasteiger partial charge in [0.1, 0.15) is 11.1 Å². The van der Waals surface area contributed by atoms with Crippen LogP contribution >= 0.6 is 0 Å². The first-order valence-corrected chi connectivity index (χ1v) is 8.53. The van der Waals surface area contributed by atoms with Gasteiger partial charge in [0.25, 0.3) is 5.91 Å². The van der Waals surface area contributed by atoms with Crippen LogP contribution in [0.1, 0.15) is 56.3 Å². The summed E-state index contributed by atoms with van der Waals surface area (Å²) in [4.78, 5) is 28.7. The van der Waals surface area contributed by atoms with Gasteiger partial charge in [-0.15, -0.1) is 0 Å². The number of aromatic nitrogens is 1. The zero-order chi connectivity index (χ0) is 18.3. The number of esters is 1. The molecule has 0 aliphatic heterocycles. The van der Waals surface area contributed by atoms with Crippen LogP contribution in [0, 0.1) is 11.3 Å². The Morgan fingerprint density at radius 1 is 1.40 bits per heavy atom. The first-order chi connectivity index (χ1) is 12.0. The summed E-state index contributed by atoms with van der Waals surface area (Å²) in [6.45, 7) is 3.63. The first kappa shape index (κ1) is 18.7. The van der Waals surface area contributed by atoms with Gasteiger partial charge in [-0.1, -0.05) is 19.3 Å². The lowest BCUT2D eigenvalue weighted by molar-refractivity contribution is -0.130. The molecule has 1 N–H and O–H groups in total. The van der Waals surface area contributed by atoms with Gasteiger partial charge in [-0.2, -0.15) is 5.26 Å². The van der Waals surface area contributed by atoms with E-state index in [1.165, 1.54) is 19.2 Å². The minimum Gasteiger partial charge on any atom is -0.477 e. The molecule has 0 bridgehead atoms. The van der Waals surface area contributed by atoms with Gasteiger partial charge in [-0.05, 0) is 38.8 Å². The van der Waals surface area contributed by atoms with E-state index >= 15 is 0 Å². The molecular weight excluding hydrogens is 322 g/mol. The number of nitrogens with one attached hydrogen (secondary N) is 1. The fourth-order valence-corrected chi connectivity index (χ4v) is 2.83. The molecule has 0 saturated heterocycles. The molecule has 7 nitrogen and oxygen atoms in total. The highest BCUT2D eigenvalue weighted by Gasteiger charge is 2.35. The van der Waals surface area contributed by atoms with Crippen LogP contribution in [-0.4, -0.2) is 35.1 Å². The largest absolute Gasteiger partial charge is 0.477 e. The van der Waals surface area contributed by atoms with Crippen molar-refractivity contribution in [1.82, 2.24) is 10.3 Å². The van der Waals surface area contributed by atoms with Crippen LogP contribution in [0.3, 0.4) is 0 Å². The Kier molecular flexibility index (Phi) is 6.34. The summed E-state index contributed by atoms with van der Waals surface area (Å²) in [7, 11) is 0. The van der Waals surface area contributed by atoms with Gasteiger partial charge < -0.3 is 14.8 Å². The van der Waals surface area contributed by atoms with E-state index in [0.717, 1.165) is 19.3 Å². The van der Waals surface area contributed by atoms with Crippen molar-refractivity contribution >= 4 is 11.9 Å². The van der Waals surface area contributed by atoms with Gasteiger partial charge in [-0.3, -0.25) is 4.79 Å². The van der Waals surface area contributed by atoms with Crippen molar-refractivity contribution in [2.75, 3.05) is 6.61 Å². The molecular formula is C18H23N3O4. The van der Waals surface area contributed by atoms with E-state index < -0.39 is 23.5 Å². The second-order valence-corrected chi connectivity index (χ2v) is 6.08. The standard InChI is InChI=1S/C18H23N3O4/c1-3-24-16-14(8-7-11-20-16)17(23)25-13(2)15(22)21-18(12-19)9-5-4-6-10-18/h7-8,11,13H,3-6,9-10H2,1-2H3,(H,21,22). The van der Waals surface area contributed by atoms with Crippen LogP contribution in [-0.2, 0) is 9.53 Å². The number of rotatable bonds is 6. The second-order valence-electron chi connectivity index (χ2n) is 6.08. The van der Waals surface area contributed by atoms with Gasteiger partial charge >= 0.3 is 5.97 Å². The molecule has 0 spiro atoms. The van der Waals surface area contributed by atoms with E-state index in [2.05, 4.69) is 16.4 Å². The third kappa shape index (κ3) is 4.69. The Balaban J connectivity index is 2.01. The Bertz CT molecular complexity index is 663. The summed E-state index contributed by atoms with van der Waals surface area (Å²) in [6.07, 6.45) is 4.59. The Morgan fingerprint density at radius 2 is 2.12 bits per heavy atom. The fraction of sp³-hybridized carbons (Fsp3) is 0.556. The number of hydrogen-bond donors (Lipinski definition) is 1. The highest BCUT2D eigenvalue weighted by atomic mass is 16.5. The number of ether oxygens (including phenoxy) is 2. The maximum atomic E-state index is 12.4. The molecule has 1 unspecified atom stereocenters. The number of amides is 1. The molecule has 1 aliphatic rings. The third-order valence-corrected chi connectivity index (χ3v) is 4.21. The molecule has 1 aromatic heterocycles. The number of carbonyl (C=O) groups excluding carboxylic acids is 2. The summed E-state index contributed by atoms with van der Waals surface area (Å²) in [5.41, 5.74) is -0.697. The Labute approximate surface area is 147 Å². The van der Waals surface area contributed by atoms with Gasteiger partial charge in [0.15, 0.2) is 6.10 Å². The van der Waals surface area contributed by atoms with Crippen LogP contribution in [0.15, 0.2) is 18.3 Å². The van der Waals surface area contributed by atoms with Crippen LogP contribution in [0.25, 0.3) is 0 Å². The summed E-state index contributed by atoms with van der Waals surface area (Å²) < 4.78 is 10.5. The van der Waals surface area contributed by atoms with E-state index in [4.69, 9.17) is 9.47 Å². The number of pyridine rings is 1. The van der Waals surface area contributed by atoms with E-state index in [9.17, 15) is 14.9 Å². The lowest BCUT2D eigenvalue weighted by Crippen LogP contribution is -2.52. The SMILES string of the molecule is CCOc1ncccc1C(=O)OC(C)C(=O)NC1(C#N)CCCCC1. The van der Waals surface area contributed by atoms with Gasteiger partial charge in [0.2, 0.25) is 5.88 Å². The van der Waals surface area contributed by atoms with E-state index in [1.807, 2.05) is 0 Å². The minimum atomic E-state index is -1.02. The molecule has 1 saturated carbocycles. The quantitative estimate of drug-likeness (QED) is 0.794. The molecule has 1 atom stereocenters. The predicted octanol–water partition coefficient (Wildman–Crippen LogP) is 2.37. The predicted molar refractivity (Wildman–Crippen MR) is 89.9 cm³/mol. The lowest BCUT2D eigenvalue weighted by atomic mass is 9.83. The monoisotopic (exact) mass is 345 g/mol. The average molecular weight is 345 g/mol. The zero-order valence-corrected chi connectivity index (χ0v) is 14.6. The van der Waals surface area contributed by atoms with Crippen LogP contribution in [0.2, 0.25) is 0 Å². The Hall–Kier alpha value is -2.62. The van der Waals surface area contributed by atoms with Crippen molar-refractivity contribution in [3.05, 3.63) is 23.9 Å². The molecule has 25 heavy (non-hydrogen) atoms. The van der Waals surface area contributed by atoms with Crippen molar-refractivity contribution in [3.63, 3.8) is 0 Å². The molecule has 1 aliphatic carbocycles. The molecule has 1 aromatic rings. The van der Waals surface area contributed by atoms with Crippen molar-refractivity contribution in [3.8, 4) is 11.9 Å². The number of carbonyl (C=O) groups is 2. The van der Waals surface area contributed by atoms with Crippen LogP contribution < -0.4 is 10.1 Å². The van der Waals surface area contributed by atoms with Crippen LogP contribution in [0.5, 0.6) is 5.88 Å². The maximum Gasteiger partial charge on any atom is 0.344 e. The van der Waals surface area contributed by atoms with Crippen molar-refractivity contribution in [1.29, 1.82) is 5.26 Å². The fourth-order valence-electron chi connectivity index (χ4n) is 2.83. The topological polar surface area (TPSA) is 101 Å². The lowest BCUT2D eigenvalue weighted by Gasteiger charge is -2.32. The highest BCUT2D eigenvalue weighted by molar-refractivity contribution is 5.94. The molecule has 2 rings (SSSR count). The smallest absolute Gasteiger partial charge is 0.344 e. The number of nitriles is 1. The van der Waals surface area contributed by atoms with E-state index in [1.54, 1.807) is 13.0 Å². The second kappa shape index (κ2) is 8.47. The van der Waals surface area contributed by atoms with Crippen molar-refractivity contribution in [2.24, 2.45) is 0 Å². The molecule has 1 amide bonds. The van der Waals surface area contributed by atoms with Crippen LogP contribution in [0.4, 0.5) is 0 Å². The van der Waals surface area contributed by atoms with E-state index in [-0.39, 0.29) is 11.4 Å². The van der Waals surface area contributed by atoms with Gasteiger partial charge in [0, 0.05) is 6.20 Å². The Morgan fingerprint density at radius 3 is 2.76 bits per heavy atom. The summed E-state index contributed by atoms with van der Waals surface area (Å²) in [5, 5.41) is 12.2. The molecule has 1 fully saturated rings. The number of nitrogens with zero attached hydrogens (tertiary/aromatic N) is 2. The third-order valence-electron chi connectivity index (χ3n) is 4.21. The maximum absolute atomic E-state index is 12.4. The molecule has 1 heterocycles.